The number of rotatable bonds is 7. The minimum absolute atomic E-state index is 0.0756. The molecule has 1 aromatic heterocycles. The Hall–Kier alpha value is -2.08. The standard InChI is InChI=1S/C20H23N3O3S2/c1-2-28(24,25)23-20-9-10-27-14-17(20)13-26-18-6-4-16(5-7-18)19-8-3-15(11-21)12-22-19/h3-8,12,17,20,23H,2,9-10,13-14H2,1H3/t17-,20-/m0/s1. The average Bonchev–Trinajstić information content (AvgIpc) is 2.73. The molecule has 0 aliphatic carbocycles. The van der Waals surface area contributed by atoms with Crippen molar-refractivity contribution in [2.24, 2.45) is 5.92 Å². The van der Waals surface area contributed by atoms with Gasteiger partial charge in [-0.05, 0) is 55.5 Å². The summed E-state index contributed by atoms with van der Waals surface area (Å²) in [5.41, 5.74) is 2.27. The molecule has 2 heterocycles. The van der Waals surface area contributed by atoms with Gasteiger partial charge >= 0.3 is 0 Å². The highest BCUT2D eigenvalue weighted by atomic mass is 32.2. The average molecular weight is 418 g/mol. The SMILES string of the molecule is CCS(=O)(=O)N[C@H]1CCSC[C@@H]1COc1ccc(-c2ccc(C#N)cn2)cc1. The van der Waals surface area contributed by atoms with E-state index in [0.717, 1.165) is 34.9 Å². The molecule has 0 amide bonds. The van der Waals surface area contributed by atoms with Crippen LogP contribution in [0.4, 0.5) is 0 Å². The van der Waals surface area contributed by atoms with Crippen molar-refractivity contribution in [2.75, 3.05) is 23.9 Å². The number of pyridine rings is 1. The molecule has 1 saturated heterocycles. The van der Waals surface area contributed by atoms with Crippen molar-refractivity contribution in [3.63, 3.8) is 0 Å². The van der Waals surface area contributed by atoms with Crippen LogP contribution in [0.1, 0.15) is 18.9 Å². The number of thioether (sulfide) groups is 1. The van der Waals surface area contributed by atoms with Gasteiger partial charge in [0.2, 0.25) is 10.0 Å². The van der Waals surface area contributed by atoms with E-state index < -0.39 is 10.0 Å². The first kappa shape index (κ1) is 20.6. The third-order valence-electron chi connectivity index (χ3n) is 4.69. The van der Waals surface area contributed by atoms with Crippen LogP contribution in [0.5, 0.6) is 5.75 Å². The first-order valence-corrected chi connectivity index (χ1v) is 12.0. The lowest BCUT2D eigenvalue weighted by Gasteiger charge is -2.31. The molecule has 148 valence electrons. The van der Waals surface area contributed by atoms with Crippen molar-refractivity contribution in [2.45, 2.75) is 19.4 Å². The molecule has 1 aliphatic rings. The molecule has 0 spiro atoms. The molecule has 8 heteroatoms. The molecule has 6 nitrogen and oxygen atoms in total. The molecule has 0 bridgehead atoms. The van der Waals surface area contributed by atoms with Crippen molar-refractivity contribution in [3.05, 3.63) is 48.2 Å². The van der Waals surface area contributed by atoms with Gasteiger partial charge in [-0.3, -0.25) is 4.98 Å². The van der Waals surface area contributed by atoms with Gasteiger partial charge in [0.15, 0.2) is 0 Å². The fourth-order valence-electron chi connectivity index (χ4n) is 2.99. The maximum absolute atomic E-state index is 11.9. The second-order valence-corrected chi connectivity index (χ2v) is 9.82. The van der Waals surface area contributed by atoms with E-state index in [4.69, 9.17) is 10.00 Å². The number of hydrogen-bond donors (Lipinski definition) is 1. The zero-order chi connectivity index (χ0) is 20.0. The summed E-state index contributed by atoms with van der Waals surface area (Å²) < 4.78 is 32.6. The molecule has 1 aliphatic heterocycles. The van der Waals surface area contributed by atoms with E-state index in [0.29, 0.717) is 12.2 Å². The van der Waals surface area contributed by atoms with Crippen LogP contribution in [0.15, 0.2) is 42.6 Å². The Morgan fingerprint density at radius 1 is 1.29 bits per heavy atom. The molecular weight excluding hydrogens is 394 g/mol. The second-order valence-electron chi connectivity index (χ2n) is 6.63. The van der Waals surface area contributed by atoms with Crippen LogP contribution in [0.25, 0.3) is 11.3 Å². The quantitative estimate of drug-likeness (QED) is 0.744. The van der Waals surface area contributed by atoms with Gasteiger partial charge in [-0.15, -0.1) is 0 Å². The second kappa shape index (κ2) is 9.41. The number of nitrogens with zero attached hydrogens (tertiary/aromatic N) is 2. The van der Waals surface area contributed by atoms with E-state index >= 15 is 0 Å². The largest absolute Gasteiger partial charge is 0.493 e. The summed E-state index contributed by atoms with van der Waals surface area (Å²) in [4.78, 5) is 4.29. The Labute approximate surface area is 170 Å². The highest BCUT2D eigenvalue weighted by molar-refractivity contribution is 7.99. The van der Waals surface area contributed by atoms with Gasteiger partial charge in [-0.2, -0.15) is 17.0 Å². The van der Waals surface area contributed by atoms with Gasteiger partial charge in [0.25, 0.3) is 0 Å². The Morgan fingerprint density at radius 3 is 2.71 bits per heavy atom. The number of nitriles is 1. The predicted molar refractivity (Wildman–Crippen MR) is 112 cm³/mol. The van der Waals surface area contributed by atoms with E-state index in [9.17, 15) is 8.42 Å². The molecule has 0 saturated carbocycles. The van der Waals surface area contributed by atoms with Crippen LogP contribution in [0, 0.1) is 17.2 Å². The van der Waals surface area contributed by atoms with E-state index in [1.165, 1.54) is 0 Å². The monoisotopic (exact) mass is 417 g/mol. The number of ether oxygens (including phenoxy) is 1. The number of sulfonamides is 1. The van der Waals surface area contributed by atoms with Crippen molar-refractivity contribution < 1.29 is 13.2 Å². The fraction of sp³-hybridized carbons (Fsp3) is 0.400. The van der Waals surface area contributed by atoms with Crippen LogP contribution in [0.3, 0.4) is 0 Å². The first-order valence-electron chi connectivity index (χ1n) is 9.18. The number of aromatic nitrogens is 1. The summed E-state index contributed by atoms with van der Waals surface area (Å²) >= 11 is 1.83. The topological polar surface area (TPSA) is 92.1 Å². The summed E-state index contributed by atoms with van der Waals surface area (Å²) in [5.74, 6) is 2.81. The molecule has 28 heavy (non-hydrogen) atoms. The highest BCUT2D eigenvalue weighted by Gasteiger charge is 2.29. The van der Waals surface area contributed by atoms with E-state index in [2.05, 4.69) is 15.8 Å². The molecule has 2 atom stereocenters. The van der Waals surface area contributed by atoms with Gasteiger partial charge in [-0.25, -0.2) is 13.1 Å². The fourth-order valence-corrected chi connectivity index (χ4v) is 5.14. The van der Waals surface area contributed by atoms with E-state index in [1.807, 2.05) is 42.1 Å². The maximum atomic E-state index is 11.9. The van der Waals surface area contributed by atoms with Gasteiger partial charge in [-0.1, -0.05) is 0 Å². The van der Waals surface area contributed by atoms with Crippen LogP contribution in [-0.4, -0.2) is 43.3 Å². The maximum Gasteiger partial charge on any atom is 0.211 e. The molecule has 1 aromatic carbocycles. The minimum atomic E-state index is -3.22. The zero-order valence-corrected chi connectivity index (χ0v) is 17.3. The molecule has 3 rings (SSSR count). The molecular formula is C20H23N3O3S2. The van der Waals surface area contributed by atoms with Crippen LogP contribution in [0.2, 0.25) is 0 Å². The lowest BCUT2D eigenvalue weighted by molar-refractivity contribution is 0.229. The Balaban J connectivity index is 1.61. The molecule has 1 fully saturated rings. The number of nitrogens with one attached hydrogen (secondary N) is 1. The normalized spacial score (nSPS) is 19.7. The molecule has 1 N–H and O–H groups in total. The summed E-state index contributed by atoms with van der Waals surface area (Å²) in [6.07, 6.45) is 2.37. The van der Waals surface area contributed by atoms with Crippen LogP contribution in [-0.2, 0) is 10.0 Å². The van der Waals surface area contributed by atoms with Crippen molar-refractivity contribution >= 4 is 21.8 Å². The lowest BCUT2D eigenvalue weighted by atomic mass is 10.0. The van der Waals surface area contributed by atoms with Gasteiger partial charge in [0, 0.05) is 29.5 Å². The van der Waals surface area contributed by atoms with E-state index in [1.54, 1.807) is 19.2 Å². The van der Waals surface area contributed by atoms with E-state index in [-0.39, 0.29) is 17.7 Å². The smallest absolute Gasteiger partial charge is 0.211 e. The third-order valence-corrected chi connectivity index (χ3v) is 7.30. The highest BCUT2D eigenvalue weighted by Crippen LogP contribution is 2.26. The van der Waals surface area contributed by atoms with Gasteiger partial charge < -0.3 is 4.74 Å². The Kier molecular flexibility index (Phi) is 6.94. The summed E-state index contributed by atoms with van der Waals surface area (Å²) in [5, 5.41) is 8.85. The van der Waals surface area contributed by atoms with Crippen molar-refractivity contribution in [3.8, 4) is 23.1 Å². The summed E-state index contributed by atoms with van der Waals surface area (Å²) in [6, 6.07) is 13.2. The molecule has 2 aromatic rings. The van der Waals surface area contributed by atoms with Crippen molar-refractivity contribution in [1.82, 2.24) is 9.71 Å². The predicted octanol–water partition coefficient (Wildman–Crippen LogP) is 3.06. The van der Waals surface area contributed by atoms with Gasteiger partial charge in [0.1, 0.15) is 11.8 Å². The number of benzene rings is 1. The Bertz CT molecular complexity index is 923. The third kappa shape index (κ3) is 5.47. The molecule has 0 unspecified atom stereocenters. The van der Waals surface area contributed by atoms with Crippen molar-refractivity contribution in [1.29, 1.82) is 5.26 Å². The zero-order valence-electron chi connectivity index (χ0n) is 15.7. The first-order chi connectivity index (χ1) is 13.5. The molecule has 0 radical (unpaired) electrons. The van der Waals surface area contributed by atoms with Gasteiger partial charge in [0.05, 0.1) is 23.6 Å². The number of hydrogen-bond acceptors (Lipinski definition) is 6. The van der Waals surface area contributed by atoms with Crippen LogP contribution >= 0.6 is 11.8 Å². The summed E-state index contributed by atoms with van der Waals surface area (Å²) in [6.45, 7) is 2.12. The lowest BCUT2D eigenvalue weighted by Crippen LogP contribution is -2.46. The minimum Gasteiger partial charge on any atom is -0.493 e. The van der Waals surface area contributed by atoms with Crippen LogP contribution < -0.4 is 9.46 Å². The summed E-state index contributed by atoms with van der Waals surface area (Å²) in [7, 11) is -3.22. The Morgan fingerprint density at radius 2 is 2.07 bits per heavy atom.